The highest BCUT2D eigenvalue weighted by Gasteiger charge is 2.64. The summed E-state index contributed by atoms with van der Waals surface area (Å²) in [7, 11) is 0. The summed E-state index contributed by atoms with van der Waals surface area (Å²) in [6.45, 7) is 9.66. The maximum atomic E-state index is 11.7. The first-order valence-electron chi connectivity index (χ1n) is 12.5. The molecular weight excluding hydrogens is 358 g/mol. The Morgan fingerprint density at radius 1 is 1.00 bits per heavy atom. The highest BCUT2D eigenvalue weighted by atomic mass is 16.3. The molecule has 0 aromatic carbocycles. The van der Waals surface area contributed by atoms with Crippen molar-refractivity contribution in [2.24, 2.45) is 52.3 Å². The Morgan fingerprint density at radius 3 is 2.38 bits per heavy atom. The highest BCUT2D eigenvalue weighted by Crippen LogP contribution is 2.69. The lowest BCUT2D eigenvalue weighted by Crippen LogP contribution is -2.62. The molecule has 4 rings (SSSR count). The summed E-state index contributed by atoms with van der Waals surface area (Å²) >= 11 is 0. The lowest BCUT2D eigenvalue weighted by molar-refractivity contribution is -0.203. The van der Waals surface area contributed by atoms with Gasteiger partial charge in [-0.25, -0.2) is 0 Å². The zero-order valence-corrected chi connectivity index (χ0v) is 19.1. The molecule has 4 fully saturated rings. The minimum atomic E-state index is -0.203. The van der Waals surface area contributed by atoms with Crippen LogP contribution in [0.15, 0.2) is 0 Å². The van der Waals surface area contributed by atoms with Crippen molar-refractivity contribution in [1.29, 1.82) is 5.26 Å². The van der Waals surface area contributed by atoms with E-state index in [1.807, 2.05) is 0 Å². The fourth-order valence-electron chi connectivity index (χ4n) is 9.43. The van der Waals surface area contributed by atoms with Crippen molar-refractivity contribution in [3.63, 3.8) is 0 Å². The number of hydrogen-bond acceptors (Lipinski definition) is 3. The predicted octanol–water partition coefficient (Wildman–Crippen LogP) is 5.55. The molecule has 29 heavy (non-hydrogen) atoms. The second-order valence-corrected chi connectivity index (χ2v) is 11.8. The van der Waals surface area contributed by atoms with Crippen LogP contribution in [0, 0.1) is 63.6 Å². The van der Waals surface area contributed by atoms with Crippen LogP contribution in [0.2, 0.25) is 0 Å². The first-order valence-corrected chi connectivity index (χ1v) is 12.5. The van der Waals surface area contributed by atoms with Crippen molar-refractivity contribution in [1.82, 2.24) is 0 Å². The molecule has 11 atom stereocenters. The molecule has 0 heterocycles. The molecule has 4 aliphatic rings. The molecule has 0 radical (unpaired) electrons. The van der Waals surface area contributed by atoms with E-state index in [0.29, 0.717) is 53.3 Å². The van der Waals surface area contributed by atoms with Gasteiger partial charge in [0.2, 0.25) is 0 Å². The van der Waals surface area contributed by atoms with Crippen molar-refractivity contribution in [2.45, 2.75) is 104 Å². The van der Waals surface area contributed by atoms with Crippen molar-refractivity contribution in [3.8, 4) is 6.07 Å². The summed E-state index contributed by atoms with van der Waals surface area (Å²) in [5.74, 6) is 3.80. The van der Waals surface area contributed by atoms with E-state index < -0.39 is 0 Å². The van der Waals surface area contributed by atoms with Crippen LogP contribution < -0.4 is 0 Å². The van der Waals surface area contributed by atoms with Gasteiger partial charge in [0.25, 0.3) is 0 Å². The monoisotopic (exact) mass is 401 g/mol. The standard InChI is InChI=1S/C26H43NO2/c1-5-18-22-15-17(28)10-12-26(22,4)21-11-13-25(3)19(16(2)7-6-14-27)8-9-20(25)23(21)24(18)29/h16-24,28-29H,5-13,15H2,1-4H3/t16-,17-,18-,19?,20?,21?,22+,23?,24?,25-,26-/m1/s1. The minimum absolute atomic E-state index is 0.170. The fourth-order valence-corrected chi connectivity index (χ4v) is 9.43. The van der Waals surface area contributed by atoms with E-state index in [-0.39, 0.29) is 17.6 Å². The summed E-state index contributed by atoms with van der Waals surface area (Å²) < 4.78 is 0. The molecule has 3 heteroatoms. The molecule has 4 aliphatic carbocycles. The number of nitrogens with zero attached hydrogens (tertiary/aromatic N) is 1. The van der Waals surface area contributed by atoms with Gasteiger partial charge in [0.05, 0.1) is 18.3 Å². The average molecular weight is 402 g/mol. The van der Waals surface area contributed by atoms with Gasteiger partial charge in [0.15, 0.2) is 0 Å². The molecule has 0 amide bonds. The molecule has 0 aromatic rings. The average Bonchev–Trinajstić information content (AvgIpc) is 3.05. The largest absolute Gasteiger partial charge is 0.393 e. The summed E-state index contributed by atoms with van der Waals surface area (Å²) in [4.78, 5) is 0. The second kappa shape index (κ2) is 7.83. The van der Waals surface area contributed by atoms with Crippen LogP contribution >= 0.6 is 0 Å². The summed E-state index contributed by atoms with van der Waals surface area (Å²) in [6, 6.07) is 2.35. The lowest BCUT2D eigenvalue weighted by atomic mass is 9.41. The number of hydrogen-bond donors (Lipinski definition) is 2. The maximum absolute atomic E-state index is 11.7. The van der Waals surface area contributed by atoms with Crippen molar-refractivity contribution < 1.29 is 10.2 Å². The van der Waals surface area contributed by atoms with Crippen molar-refractivity contribution >= 4 is 0 Å². The maximum Gasteiger partial charge on any atom is 0.0621 e. The summed E-state index contributed by atoms with van der Waals surface area (Å²) in [5, 5.41) is 31.2. The van der Waals surface area contributed by atoms with Gasteiger partial charge in [-0.05, 0) is 104 Å². The van der Waals surface area contributed by atoms with Gasteiger partial charge in [-0.3, -0.25) is 0 Å². The number of aliphatic hydroxyl groups excluding tert-OH is 2. The Kier molecular flexibility index (Phi) is 5.84. The van der Waals surface area contributed by atoms with Crippen LogP contribution in [0.1, 0.15) is 91.9 Å². The molecule has 0 spiro atoms. The third-order valence-electron chi connectivity index (χ3n) is 10.9. The van der Waals surface area contributed by atoms with Crippen LogP contribution in [0.25, 0.3) is 0 Å². The van der Waals surface area contributed by atoms with Gasteiger partial charge >= 0.3 is 0 Å². The summed E-state index contributed by atoms with van der Waals surface area (Å²) in [6.07, 6.45) is 10.4. The Balaban J connectivity index is 1.64. The zero-order valence-electron chi connectivity index (χ0n) is 19.1. The number of rotatable bonds is 4. The molecule has 2 N–H and O–H groups in total. The van der Waals surface area contributed by atoms with Gasteiger partial charge in [0, 0.05) is 6.42 Å². The third-order valence-corrected chi connectivity index (χ3v) is 10.9. The SMILES string of the molecule is CC[C@H]1C(O)C2C3CCC([C@H](C)CCC#N)[C@@]3(C)CCC2[C@@]2(C)CC[C@@H](O)C[C@@H]12. The zero-order chi connectivity index (χ0) is 21.0. The van der Waals surface area contributed by atoms with E-state index >= 15 is 0 Å². The molecule has 0 saturated heterocycles. The first-order chi connectivity index (χ1) is 13.8. The number of aliphatic hydroxyl groups is 2. The Hall–Kier alpha value is -0.590. The third kappa shape index (κ3) is 3.20. The molecule has 0 bridgehead atoms. The van der Waals surface area contributed by atoms with Crippen LogP contribution in [-0.2, 0) is 0 Å². The number of fused-ring (bicyclic) bond motifs is 5. The van der Waals surface area contributed by atoms with Crippen LogP contribution in [-0.4, -0.2) is 22.4 Å². The molecule has 3 nitrogen and oxygen atoms in total. The minimum Gasteiger partial charge on any atom is -0.393 e. The number of nitriles is 1. The molecule has 164 valence electrons. The smallest absolute Gasteiger partial charge is 0.0621 e. The van der Waals surface area contributed by atoms with E-state index in [9.17, 15) is 10.2 Å². The van der Waals surface area contributed by atoms with Crippen LogP contribution in [0.4, 0.5) is 0 Å². The normalized spacial score (nSPS) is 52.7. The molecule has 0 aliphatic heterocycles. The lowest BCUT2D eigenvalue weighted by Gasteiger charge is -2.64. The van der Waals surface area contributed by atoms with Crippen LogP contribution in [0.3, 0.4) is 0 Å². The van der Waals surface area contributed by atoms with Crippen molar-refractivity contribution in [2.75, 3.05) is 0 Å². The van der Waals surface area contributed by atoms with E-state index in [1.165, 1.54) is 25.7 Å². The molecule has 4 saturated carbocycles. The summed E-state index contributed by atoms with van der Waals surface area (Å²) in [5.41, 5.74) is 0.613. The topological polar surface area (TPSA) is 64.2 Å². The van der Waals surface area contributed by atoms with Gasteiger partial charge in [-0.15, -0.1) is 0 Å². The molecular formula is C26H43NO2. The van der Waals surface area contributed by atoms with E-state index in [1.54, 1.807) is 0 Å². The van der Waals surface area contributed by atoms with Gasteiger partial charge in [-0.2, -0.15) is 5.26 Å². The Labute approximate surface area is 178 Å². The van der Waals surface area contributed by atoms with Crippen molar-refractivity contribution in [3.05, 3.63) is 0 Å². The second-order valence-electron chi connectivity index (χ2n) is 11.8. The Bertz CT molecular complexity index is 643. The fraction of sp³-hybridized carbons (Fsp3) is 0.962. The Morgan fingerprint density at radius 2 is 1.69 bits per heavy atom. The highest BCUT2D eigenvalue weighted by molar-refractivity contribution is 5.13. The quantitative estimate of drug-likeness (QED) is 0.649. The van der Waals surface area contributed by atoms with Gasteiger partial charge < -0.3 is 10.2 Å². The van der Waals surface area contributed by atoms with Gasteiger partial charge in [0.1, 0.15) is 0 Å². The van der Waals surface area contributed by atoms with E-state index in [4.69, 9.17) is 5.26 Å². The van der Waals surface area contributed by atoms with Crippen LogP contribution in [0.5, 0.6) is 0 Å². The predicted molar refractivity (Wildman–Crippen MR) is 116 cm³/mol. The molecule has 0 aromatic heterocycles. The first kappa shape index (κ1) is 21.6. The van der Waals surface area contributed by atoms with E-state index in [2.05, 4.69) is 33.8 Å². The van der Waals surface area contributed by atoms with E-state index in [0.717, 1.165) is 32.1 Å². The molecule has 5 unspecified atom stereocenters. The van der Waals surface area contributed by atoms with Gasteiger partial charge in [-0.1, -0.05) is 34.1 Å².